The Bertz CT molecular complexity index is 286. The molecular weight excluding hydrogens is 216 g/mol. The van der Waals surface area contributed by atoms with Gasteiger partial charge in [0.2, 0.25) is 0 Å². The number of nitrogens with zero attached hydrogens (tertiary/aromatic N) is 1. The van der Waals surface area contributed by atoms with Gasteiger partial charge < -0.3 is 10.1 Å². The van der Waals surface area contributed by atoms with Crippen LogP contribution in [0.15, 0.2) is 0 Å². The summed E-state index contributed by atoms with van der Waals surface area (Å²) in [6.07, 6.45) is 2.08. The van der Waals surface area contributed by atoms with Gasteiger partial charge in [-0.05, 0) is 33.6 Å². The molecule has 0 amide bonds. The second-order valence-corrected chi connectivity index (χ2v) is 6.16. The zero-order chi connectivity index (χ0) is 12.5. The first-order valence-corrected chi connectivity index (χ1v) is 6.63. The third-order valence-electron chi connectivity index (χ3n) is 3.52. The second-order valence-electron chi connectivity index (χ2n) is 6.16. The van der Waals surface area contributed by atoms with Crippen molar-refractivity contribution in [1.82, 2.24) is 10.2 Å². The second kappa shape index (κ2) is 4.94. The van der Waals surface area contributed by atoms with E-state index in [1.54, 1.807) is 0 Å². The Labute approximate surface area is 104 Å². The number of nitrogens with one attached hydrogen (secondary N) is 1. The number of hydrogen-bond acceptors (Lipinski definition) is 4. The maximum Gasteiger partial charge on any atom is 0.310 e. The van der Waals surface area contributed by atoms with Gasteiger partial charge in [0, 0.05) is 32.2 Å². The minimum absolute atomic E-state index is 0.0190. The Morgan fingerprint density at radius 2 is 2.12 bits per heavy atom. The molecule has 0 aromatic rings. The van der Waals surface area contributed by atoms with Gasteiger partial charge in [0.25, 0.3) is 0 Å². The molecule has 0 saturated carbocycles. The van der Waals surface area contributed by atoms with Crippen LogP contribution in [0.4, 0.5) is 0 Å². The molecule has 98 valence electrons. The maximum atomic E-state index is 12.0. The number of ether oxygens (including phenoxy) is 1. The van der Waals surface area contributed by atoms with Gasteiger partial charge in [0.1, 0.15) is 5.60 Å². The Morgan fingerprint density at radius 1 is 1.35 bits per heavy atom. The van der Waals surface area contributed by atoms with E-state index in [1.807, 2.05) is 20.8 Å². The molecule has 2 atom stereocenters. The van der Waals surface area contributed by atoms with Crippen molar-refractivity contribution in [3.8, 4) is 0 Å². The molecule has 17 heavy (non-hydrogen) atoms. The zero-order valence-corrected chi connectivity index (χ0v) is 11.2. The SMILES string of the molecule is CC(C)(C)OC(=O)[C@@H]1CC[C@@H]2CNCCN2C1. The van der Waals surface area contributed by atoms with Crippen LogP contribution in [0.2, 0.25) is 0 Å². The normalized spacial score (nSPS) is 30.8. The van der Waals surface area contributed by atoms with Crippen molar-refractivity contribution in [3.05, 3.63) is 0 Å². The van der Waals surface area contributed by atoms with E-state index >= 15 is 0 Å². The fraction of sp³-hybridized carbons (Fsp3) is 0.923. The van der Waals surface area contributed by atoms with Crippen LogP contribution < -0.4 is 5.32 Å². The molecule has 2 heterocycles. The van der Waals surface area contributed by atoms with Crippen LogP contribution in [0.25, 0.3) is 0 Å². The Balaban J connectivity index is 1.89. The summed E-state index contributed by atoms with van der Waals surface area (Å²) in [4.78, 5) is 14.5. The van der Waals surface area contributed by atoms with Crippen molar-refractivity contribution in [2.75, 3.05) is 26.2 Å². The molecule has 2 saturated heterocycles. The molecule has 2 rings (SSSR count). The lowest BCUT2D eigenvalue weighted by Gasteiger charge is -2.42. The third-order valence-corrected chi connectivity index (χ3v) is 3.52. The molecule has 4 nitrogen and oxygen atoms in total. The first-order chi connectivity index (χ1) is 7.96. The van der Waals surface area contributed by atoms with E-state index in [0.29, 0.717) is 6.04 Å². The van der Waals surface area contributed by atoms with Gasteiger partial charge in [0.15, 0.2) is 0 Å². The van der Waals surface area contributed by atoms with Crippen molar-refractivity contribution < 1.29 is 9.53 Å². The molecule has 0 bridgehead atoms. The van der Waals surface area contributed by atoms with E-state index in [4.69, 9.17) is 4.74 Å². The van der Waals surface area contributed by atoms with Gasteiger partial charge in [-0.3, -0.25) is 9.69 Å². The van der Waals surface area contributed by atoms with Gasteiger partial charge in [-0.2, -0.15) is 0 Å². The third kappa shape index (κ3) is 3.42. The smallest absolute Gasteiger partial charge is 0.310 e. The predicted octanol–water partition coefficient (Wildman–Crippen LogP) is 1.01. The highest BCUT2D eigenvalue weighted by Crippen LogP contribution is 2.25. The quantitative estimate of drug-likeness (QED) is 0.695. The fourth-order valence-electron chi connectivity index (χ4n) is 2.67. The van der Waals surface area contributed by atoms with E-state index < -0.39 is 0 Å². The molecule has 1 N–H and O–H groups in total. The molecule has 2 fully saturated rings. The number of piperazine rings is 1. The molecule has 4 heteroatoms. The molecular formula is C13H24N2O2. The molecule has 2 aliphatic heterocycles. The van der Waals surface area contributed by atoms with E-state index in [0.717, 1.165) is 39.0 Å². The van der Waals surface area contributed by atoms with Crippen LogP contribution in [0.3, 0.4) is 0 Å². The topological polar surface area (TPSA) is 41.6 Å². The molecule has 0 aliphatic carbocycles. The van der Waals surface area contributed by atoms with Crippen LogP contribution in [0.1, 0.15) is 33.6 Å². The maximum absolute atomic E-state index is 12.0. The summed E-state index contributed by atoms with van der Waals surface area (Å²) in [7, 11) is 0. The average molecular weight is 240 g/mol. The van der Waals surface area contributed by atoms with Crippen molar-refractivity contribution in [2.45, 2.75) is 45.3 Å². The Morgan fingerprint density at radius 3 is 2.82 bits per heavy atom. The minimum Gasteiger partial charge on any atom is -0.460 e. The number of piperidine rings is 1. The minimum atomic E-state index is -0.364. The summed E-state index contributed by atoms with van der Waals surface area (Å²) in [5, 5.41) is 3.41. The molecule has 2 aliphatic rings. The number of rotatable bonds is 1. The highest BCUT2D eigenvalue weighted by Gasteiger charge is 2.35. The summed E-state index contributed by atoms with van der Waals surface area (Å²) in [5.41, 5.74) is -0.364. The first-order valence-electron chi connectivity index (χ1n) is 6.63. The Kier molecular flexibility index (Phi) is 3.73. The van der Waals surface area contributed by atoms with Crippen molar-refractivity contribution in [3.63, 3.8) is 0 Å². The molecule has 0 aromatic carbocycles. The summed E-state index contributed by atoms with van der Waals surface area (Å²) in [6, 6.07) is 0.627. The van der Waals surface area contributed by atoms with E-state index in [-0.39, 0.29) is 17.5 Å². The monoisotopic (exact) mass is 240 g/mol. The lowest BCUT2D eigenvalue weighted by molar-refractivity contribution is -0.162. The predicted molar refractivity (Wildman–Crippen MR) is 66.8 cm³/mol. The highest BCUT2D eigenvalue weighted by molar-refractivity contribution is 5.73. The molecule has 0 aromatic heterocycles. The summed E-state index contributed by atoms with van der Waals surface area (Å²) >= 11 is 0. The van der Waals surface area contributed by atoms with E-state index in [2.05, 4.69) is 10.2 Å². The summed E-state index contributed by atoms with van der Waals surface area (Å²) in [6.45, 7) is 9.84. The van der Waals surface area contributed by atoms with Gasteiger partial charge in [0.05, 0.1) is 5.92 Å². The number of carbonyl (C=O) groups excluding carboxylic acids is 1. The van der Waals surface area contributed by atoms with E-state index in [1.165, 1.54) is 0 Å². The van der Waals surface area contributed by atoms with E-state index in [9.17, 15) is 4.79 Å². The van der Waals surface area contributed by atoms with Gasteiger partial charge in [-0.25, -0.2) is 0 Å². The summed E-state index contributed by atoms with van der Waals surface area (Å²) < 4.78 is 5.48. The largest absolute Gasteiger partial charge is 0.460 e. The number of fused-ring (bicyclic) bond motifs is 1. The standard InChI is InChI=1S/C13H24N2O2/c1-13(2,3)17-12(16)10-4-5-11-8-14-6-7-15(11)9-10/h10-11,14H,4-9H2,1-3H3/t10-,11-/m1/s1. The summed E-state index contributed by atoms with van der Waals surface area (Å²) in [5.74, 6) is 0.0538. The number of carbonyl (C=O) groups is 1. The van der Waals surface area contributed by atoms with Crippen LogP contribution in [-0.4, -0.2) is 48.7 Å². The van der Waals surface area contributed by atoms with Crippen LogP contribution >= 0.6 is 0 Å². The van der Waals surface area contributed by atoms with Gasteiger partial charge >= 0.3 is 5.97 Å². The Hall–Kier alpha value is -0.610. The van der Waals surface area contributed by atoms with Crippen LogP contribution in [-0.2, 0) is 9.53 Å². The van der Waals surface area contributed by atoms with Crippen molar-refractivity contribution in [1.29, 1.82) is 0 Å². The number of hydrogen-bond donors (Lipinski definition) is 1. The van der Waals surface area contributed by atoms with Crippen LogP contribution in [0.5, 0.6) is 0 Å². The lowest BCUT2D eigenvalue weighted by atomic mass is 9.91. The average Bonchev–Trinajstić information content (AvgIpc) is 2.26. The number of esters is 1. The van der Waals surface area contributed by atoms with Crippen molar-refractivity contribution in [2.24, 2.45) is 5.92 Å². The highest BCUT2D eigenvalue weighted by atomic mass is 16.6. The van der Waals surface area contributed by atoms with Crippen molar-refractivity contribution >= 4 is 5.97 Å². The molecule has 0 spiro atoms. The van der Waals surface area contributed by atoms with Crippen LogP contribution in [0, 0.1) is 5.92 Å². The van der Waals surface area contributed by atoms with Gasteiger partial charge in [-0.1, -0.05) is 0 Å². The molecule has 0 radical (unpaired) electrons. The molecule has 0 unspecified atom stereocenters. The zero-order valence-electron chi connectivity index (χ0n) is 11.2. The lowest BCUT2D eigenvalue weighted by Crippen LogP contribution is -2.56. The first kappa shape index (κ1) is 12.8. The fourth-order valence-corrected chi connectivity index (χ4v) is 2.67. The van der Waals surface area contributed by atoms with Gasteiger partial charge in [-0.15, -0.1) is 0 Å².